The Kier molecular flexibility index (Phi) is 29.4. The van der Waals surface area contributed by atoms with Crippen LogP contribution in [0.4, 0.5) is 0 Å². The number of esters is 1. The molecule has 0 spiro atoms. The van der Waals surface area contributed by atoms with E-state index in [0.717, 1.165) is 18.2 Å². The van der Waals surface area contributed by atoms with Crippen molar-refractivity contribution >= 4 is 5.97 Å². The van der Waals surface area contributed by atoms with E-state index < -0.39 is 5.97 Å². The smallest absolute Gasteiger partial charge is 0.330 e. The molecule has 0 amide bonds. The summed E-state index contributed by atoms with van der Waals surface area (Å²) in [4.78, 5) is 10.8. The van der Waals surface area contributed by atoms with Crippen LogP contribution in [0.1, 0.15) is 57.4 Å². The molecule has 0 aliphatic carbocycles. The van der Waals surface area contributed by atoms with Crippen molar-refractivity contribution in [2.24, 2.45) is 0 Å². The third-order valence-electron chi connectivity index (χ3n) is 6.36. The third kappa shape index (κ3) is 27.5. The number of unbranched alkanes of at least 4 members (excludes halogenated alkanes) is 6. The topological polar surface area (TPSA) is 100 Å². The monoisotopic (exact) mass is 626 g/mol. The van der Waals surface area contributed by atoms with Crippen LogP contribution >= 0.6 is 0 Å². The molecule has 1 rings (SSSR count). The van der Waals surface area contributed by atoms with Crippen LogP contribution < -0.4 is 4.74 Å². The Bertz CT molecular complexity index is 759. The van der Waals surface area contributed by atoms with E-state index in [1.807, 2.05) is 12.1 Å². The highest BCUT2D eigenvalue weighted by atomic mass is 16.6. The number of benzene rings is 1. The molecule has 1 aromatic carbocycles. The average Bonchev–Trinajstić information content (AvgIpc) is 3.04. The van der Waals surface area contributed by atoms with Crippen LogP contribution in [0.25, 0.3) is 0 Å². The molecule has 10 nitrogen and oxygen atoms in total. The molecule has 1 aromatic rings. The van der Waals surface area contributed by atoms with Gasteiger partial charge in [-0.05, 0) is 30.5 Å². The van der Waals surface area contributed by atoms with E-state index in [0.29, 0.717) is 99.1 Å². The molecule has 254 valence electrons. The van der Waals surface area contributed by atoms with Gasteiger partial charge in [0, 0.05) is 6.08 Å². The minimum atomic E-state index is -0.454. The van der Waals surface area contributed by atoms with Gasteiger partial charge in [-0.25, -0.2) is 4.79 Å². The van der Waals surface area contributed by atoms with Gasteiger partial charge < -0.3 is 42.6 Å². The lowest BCUT2D eigenvalue weighted by Crippen LogP contribution is -2.15. The first kappa shape index (κ1) is 40.0. The van der Waals surface area contributed by atoms with Gasteiger partial charge in [0.1, 0.15) is 19.0 Å². The summed E-state index contributed by atoms with van der Waals surface area (Å²) in [5, 5.41) is 0. The van der Waals surface area contributed by atoms with Crippen LogP contribution in [0.5, 0.6) is 5.75 Å². The summed E-state index contributed by atoms with van der Waals surface area (Å²) in [5.41, 5.74) is 1.38. The maximum absolute atomic E-state index is 10.8. The number of ether oxygens (including phenoxy) is 9. The summed E-state index contributed by atoms with van der Waals surface area (Å²) in [7, 11) is 0. The lowest BCUT2D eigenvalue weighted by atomic mass is 10.0. The zero-order chi connectivity index (χ0) is 31.6. The van der Waals surface area contributed by atoms with Crippen molar-refractivity contribution in [1.29, 1.82) is 0 Å². The van der Waals surface area contributed by atoms with Crippen molar-refractivity contribution < 1.29 is 47.4 Å². The zero-order valence-electron chi connectivity index (χ0n) is 27.1. The predicted octanol–water partition coefficient (Wildman–Crippen LogP) is 5.20. The van der Waals surface area contributed by atoms with Crippen molar-refractivity contribution in [2.75, 3.05) is 106 Å². The van der Waals surface area contributed by atoms with Crippen molar-refractivity contribution in [3.05, 3.63) is 42.5 Å². The molecule has 0 aliphatic heterocycles. The van der Waals surface area contributed by atoms with Crippen molar-refractivity contribution in [1.82, 2.24) is 0 Å². The number of aryl methyl sites for hydroxylation is 1. The van der Waals surface area contributed by atoms with E-state index in [9.17, 15) is 4.79 Å². The summed E-state index contributed by atoms with van der Waals surface area (Å²) in [6.07, 6.45) is 11.6. The second kappa shape index (κ2) is 32.3. The Hall–Kier alpha value is -2.05. The van der Waals surface area contributed by atoms with Crippen LogP contribution in [0.15, 0.2) is 36.9 Å². The number of rotatable bonds is 34. The van der Waals surface area contributed by atoms with Crippen molar-refractivity contribution in [3.8, 4) is 5.75 Å². The summed E-state index contributed by atoms with van der Waals surface area (Å²) in [6, 6.07) is 8.43. The lowest BCUT2D eigenvalue weighted by molar-refractivity contribution is -0.139. The average molecular weight is 627 g/mol. The SMILES string of the molecule is C=CC(=O)OCCOCCOCCOCCOCCOCCOCCOCCOc1ccc(CCCCCCCCC)cc1. The molecule has 0 bridgehead atoms. The molecule has 0 N–H and O–H groups in total. The molecule has 0 radical (unpaired) electrons. The van der Waals surface area contributed by atoms with Gasteiger partial charge in [0.05, 0.1) is 92.5 Å². The molecule has 0 aliphatic rings. The summed E-state index contributed by atoms with van der Waals surface area (Å²) >= 11 is 0. The first-order valence-corrected chi connectivity index (χ1v) is 16.3. The normalized spacial score (nSPS) is 11.1. The van der Waals surface area contributed by atoms with E-state index >= 15 is 0 Å². The van der Waals surface area contributed by atoms with Gasteiger partial charge in [-0.15, -0.1) is 0 Å². The molecule has 0 fully saturated rings. The summed E-state index contributed by atoms with van der Waals surface area (Å²) in [6.45, 7) is 13.1. The molecule has 0 heterocycles. The van der Waals surface area contributed by atoms with Crippen molar-refractivity contribution in [2.45, 2.75) is 58.3 Å². The fourth-order valence-corrected chi connectivity index (χ4v) is 3.94. The number of carbonyl (C=O) groups is 1. The Labute approximate surface area is 265 Å². The fraction of sp³-hybridized carbons (Fsp3) is 0.735. The number of hydrogen-bond donors (Lipinski definition) is 0. The Morgan fingerprint density at radius 3 is 1.36 bits per heavy atom. The highest BCUT2D eigenvalue weighted by molar-refractivity contribution is 5.81. The molecule has 44 heavy (non-hydrogen) atoms. The standard InChI is InChI=1S/C34H58O10/c1-3-5-6-7-8-9-10-11-32-12-14-33(15-13-32)43-30-28-41-26-24-39-22-20-37-18-16-36-17-19-38-21-23-40-25-27-42-29-31-44-34(35)4-2/h4,12-15H,2-3,5-11,16-31H2,1H3. The number of hydrogen-bond acceptors (Lipinski definition) is 10. The van der Waals surface area contributed by atoms with Gasteiger partial charge in [-0.2, -0.15) is 0 Å². The molecule has 0 saturated heterocycles. The molecule has 0 saturated carbocycles. The van der Waals surface area contributed by atoms with E-state index in [1.54, 1.807) is 0 Å². The maximum atomic E-state index is 10.8. The van der Waals surface area contributed by atoms with Gasteiger partial charge in [0.25, 0.3) is 0 Å². The van der Waals surface area contributed by atoms with Crippen molar-refractivity contribution in [3.63, 3.8) is 0 Å². The van der Waals surface area contributed by atoms with Crippen LogP contribution in [0.3, 0.4) is 0 Å². The second-order valence-corrected chi connectivity index (χ2v) is 10.0. The zero-order valence-corrected chi connectivity index (χ0v) is 27.1. The molecule has 0 unspecified atom stereocenters. The van der Waals surface area contributed by atoms with Gasteiger partial charge in [0.2, 0.25) is 0 Å². The van der Waals surface area contributed by atoms with Crippen LogP contribution in [0, 0.1) is 0 Å². The van der Waals surface area contributed by atoms with Gasteiger partial charge in [-0.1, -0.05) is 64.2 Å². The molecule has 10 heteroatoms. The maximum Gasteiger partial charge on any atom is 0.330 e. The van der Waals surface area contributed by atoms with Gasteiger partial charge >= 0.3 is 5.97 Å². The molecule has 0 aromatic heterocycles. The van der Waals surface area contributed by atoms with Crippen LogP contribution in [0.2, 0.25) is 0 Å². The Morgan fingerprint density at radius 2 is 0.932 bits per heavy atom. The molecule has 0 atom stereocenters. The van der Waals surface area contributed by atoms with E-state index in [4.69, 9.17) is 42.6 Å². The summed E-state index contributed by atoms with van der Waals surface area (Å²) in [5.74, 6) is 0.429. The summed E-state index contributed by atoms with van der Waals surface area (Å²) < 4.78 is 48.7. The molecular weight excluding hydrogens is 568 g/mol. The highest BCUT2D eigenvalue weighted by Gasteiger charge is 1.99. The van der Waals surface area contributed by atoms with E-state index in [-0.39, 0.29) is 6.61 Å². The predicted molar refractivity (Wildman–Crippen MR) is 171 cm³/mol. The van der Waals surface area contributed by atoms with Crippen LogP contribution in [-0.4, -0.2) is 112 Å². The quantitative estimate of drug-likeness (QED) is 0.0576. The fourth-order valence-electron chi connectivity index (χ4n) is 3.94. The first-order valence-electron chi connectivity index (χ1n) is 16.3. The number of carbonyl (C=O) groups excluding carboxylic acids is 1. The van der Waals surface area contributed by atoms with E-state index in [1.165, 1.54) is 50.5 Å². The Morgan fingerprint density at radius 1 is 0.545 bits per heavy atom. The second-order valence-electron chi connectivity index (χ2n) is 10.0. The van der Waals surface area contributed by atoms with Gasteiger partial charge in [0.15, 0.2) is 0 Å². The first-order chi connectivity index (χ1) is 21.8. The van der Waals surface area contributed by atoms with Crippen LogP contribution in [-0.2, 0) is 49.1 Å². The van der Waals surface area contributed by atoms with Gasteiger partial charge in [-0.3, -0.25) is 0 Å². The molecular formula is C34H58O10. The minimum absolute atomic E-state index is 0.203. The van der Waals surface area contributed by atoms with E-state index in [2.05, 4.69) is 25.6 Å². The lowest BCUT2D eigenvalue weighted by Gasteiger charge is -2.09. The Balaban J connectivity index is 1.74. The largest absolute Gasteiger partial charge is 0.491 e. The minimum Gasteiger partial charge on any atom is -0.491 e. The highest BCUT2D eigenvalue weighted by Crippen LogP contribution is 2.15. The third-order valence-corrected chi connectivity index (χ3v) is 6.36.